The van der Waals surface area contributed by atoms with Crippen LogP contribution in [0.1, 0.15) is 19.3 Å². The van der Waals surface area contributed by atoms with Crippen molar-refractivity contribution in [2.24, 2.45) is 5.92 Å². The zero-order valence-electron chi connectivity index (χ0n) is 6.60. The van der Waals surface area contributed by atoms with Crippen molar-refractivity contribution < 1.29 is 4.79 Å². The maximum Gasteiger partial charge on any atom is 0.138 e. The predicted molar refractivity (Wildman–Crippen MR) is 42.1 cm³/mol. The van der Waals surface area contributed by atoms with Gasteiger partial charge in [-0.25, -0.2) is 0 Å². The molecule has 0 spiro atoms. The lowest BCUT2D eigenvalue weighted by Crippen LogP contribution is -2.55. The van der Waals surface area contributed by atoms with E-state index in [9.17, 15) is 4.79 Å². The minimum atomic E-state index is 0.262. The number of rotatable bonds is 0. The molecule has 2 rings (SSSR count). The number of ketones is 1. The first kappa shape index (κ1) is 7.25. The molecule has 62 valence electrons. The first-order valence-corrected chi connectivity index (χ1v) is 4.35. The molecule has 0 bridgehead atoms. The monoisotopic (exact) mass is 154 g/mol. The number of hydrogen-bond acceptors (Lipinski definition) is 3. The summed E-state index contributed by atoms with van der Waals surface area (Å²) in [4.78, 5) is 11.3. The van der Waals surface area contributed by atoms with Gasteiger partial charge in [0.15, 0.2) is 0 Å². The molecule has 1 saturated carbocycles. The summed E-state index contributed by atoms with van der Waals surface area (Å²) in [6, 6.07) is 0.470. The lowest BCUT2D eigenvalue weighted by Gasteiger charge is -2.35. The van der Waals surface area contributed by atoms with E-state index in [1.807, 2.05) is 0 Å². The van der Waals surface area contributed by atoms with Gasteiger partial charge in [-0.2, -0.15) is 0 Å². The van der Waals surface area contributed by atoms with Gasteiger partial charge < -0.3 is 10.6 Å². The van der Waals surface area contributed by atoms with Gasteiger partial charge >= 0.3 is 0 Å². The van der Waals surface area contributed by atoms with Crippen molar-refractivity contribution in [3.63, 3.8) is 0 Å². The Balaban J connectivity index is 2.05. The molecule has 3 heteroatoms. The number of Topliss-reactive ketones (excluding diaryl/α,β-unsaturated/α-hetero) is 1. The van der Waals surface area contributed by atoms with Crippen molar-refractivity contribution in [2.75, 3.05) is 13.2 Å². The Kier molecular flexibility index (Phi) is 1.92. The Morgan fingerprint density at radius 1 is 1.45 bits per heavy atom. The Bertz CT molecular complexity index is 167. The third-order valence-corrected chi connectivity index (χ3v) is 2.69. The van der Waals surface area contributed by atoms with E-state index >= 15 is 0 Å². The summed E-state index contributed by atoms with van der Waals surface area (Å²) in [5, 5.41) is 6.50. The fourth-order valence-corrected chi connectivity index (χ4v) is 2.04. The first-order chi connectivity index (χ1) is 5.38. The van der Waals surface area contributed by atoms with Gasteiger partial charge in [-0.15, -0.1) is 0 Å². The molecule has 2 N–H and O–H groups in total. The lowest BCUT2D eigenvalue weighted by atomic mass is 9.82. The summed E-state index contributed by atoms with van der Waals surface area (Å²) in [5.74, 6) is 0.707. The van der Waals surface area contributed by atoms with Crippen LogP contribution in [0.2, 0.25) is 0 Å². The summed E-state index contributed by atoms with van der Waals surface area (Å²) in [6.45, 7) is 1.75. The third kappa shape index (κ3) is 1.30. The van der Waals surface area contributed by atoms with Crippen molar-refractivity contribution in [3.8, 4) is 0 Å². The second-order valence-corrected chi connectivity index (χ2v) is 3.41. The van der Waals surface area contributed by atoms with Crippen molar-refractivity contribution in [2.45, 2.75) is 25.3 Å². The highest BCUT2D eigenvalue weighted by atomic mass is 16.1. The molecule has 2 unspecified atom stereocenters. The SMILES string of the molecule is O=C1CCCC2NCNCC12. The van der Waals surface area contributed by atoms with Crippen LogP contribution in [-0.2, 0) is 4.79 Å². The summed E-state index contributed by atoms with van der Waals surface area (Å²) >= 11 is 0. The highest BCUT2D eigenvalue weighted by Gasteiger charge is 2.32. The van der Waals surface area contributed by atoms with Crippen molar-refractivity contribution in [3.05, 3.63) is 0 Å². The highest BCUT2D eigenvalue weighted by Crippen LogP contribution is 2.21. The van der Waals surface area contributed by atoms with E-state index < -0.39 is 0 Å². The highest BCUT2D eigenvalue weighted by molar-refractivity contribution is 5.82. The van der Waals surface area contributed by atoms with Crippen LogP contribution >= 0.6 is 0 Å². The molecule has 0 aromatic carbocycles. The van der Waals surface area contributed by atoms with E-state index in [1.165, 1.54) is 6.42 Å². The van der Waals surface area contributed by atoms with Crippen molar-refractivity contribution in [1.29, 1.82) is 0 Å². The number of carbonyl (C=O) groups is 1. The third-order valence-electron chi connectivity index (χ3n) is 2.69. The topological polar surface area (TPSA) is 41.1 Å². The fraction of sp³-hybridized carbons (Fsp3) is 0.875. The van der Waals surface area contributed by atoms with E-state index in [1.54, 1.807) is 0 Å². The van der Waals surface area contributed by atoms with E-state index in [0.717, 1.165) is 26.1 Å². The largest absolute Gasteiger partial charge is 0.304 e. The molecular formula is C8H14N2O. The summed E-state index contributed by atoms with van der Waals surface area (Å²) < 4.78 is 0. The number of hydrogen-bond donors (Lipinski definition) is 2. The van der Waals surface area contributed by atoms with Gasteiger partial charge in [0, 0.05) is 31.6 Å². The molecule has 0 radical (unpaired) electrons. The molecule has 2 aliphatic rings. The maximum absolute atomic E-state index is 11.3. The Labute approximate surface area is 66.5 Å². The van der Waals surface area contributed by atoms with Gasteiger partial charge in [0.2, 0.25) is 0 Å². The molecule has 1 aliphatic carbocycles. The van der Waals surface area contributed by atoms with Crippen molar-refractivity contribution in [1.82, 2.24) is 10.6 Å². The second-order valence-electron chi connectivity index (χ2n) is 3.41. The number of carbonyl (C=O) groups excluding carboxylic acids is 1. The van der Waals surface area contributed by atoms with Gasteiger partial charge in [0.05, 0.1) is 0 Å². The molecule has 1 saturated heterocycles. The van der Waals surface area contributed by atoms with Crippen LogP contribution in [-0.4, -0.2) is 25.0 Å². The normalized spacial score (nSPS) is 38.4. The molecule has 2 atom stereocenters. The summed E-state index contributed by atoms with van der Waals surface area (Å²) in [6.07, 6.45) is 3.05. The molecule has 3 nitrogen and oxygen atoms in total. The minimum Gasteiger partial charge on any atom is -0.304 e. The van der Waals surface area contributed by atoms with Gasteiger partial charge in [-0.05, 0) is 12.8 Å². The van der Waals surface area contributed by atoms with E-state index in [-0.39, 0.29) is 5.92 Å². The summed E-state index contributed by atoms with van der Waals surface area (Å²) in [5.41, 5.74) is 0. The van der Waals surface area contributed by atoms with E-state index in [2.05, 4.69) is 10.6 Å². The minimum absolute atomic E-state index is 0.262. The zero-order valence-corrected chi connectivity index (χ0v) is 6.60. The van der Waals surface area contributed by atoms with Crippen LogP contribution in [0.25, 0.3) is 0 Å². The number of fused-ring (bicyclic) bond motifs is 1. The Hall–Kier alpha value is -0.410. The van der Waals surface area contributed by atoms with Crippen LogP contribution in [0.4, 0.5) is 0 Å². The smallest absolute Gasteiger partial charge is 0.138 e. The average molecular weight is 154 g/mol. The van der Waals surface area contributed by atoms with Crippen LogP contribution in [0.5, 0.6) is 0 Å². The maximum atomic E-state index is 11.3. The van der Waals surface area contributed by atoms with E-state index in [0.29, 0.717) is 11.8 Å². The molecule has 0 amide bonds. The quantitative estimate of drug-likeness (QED) is 0.511. The van der Waals surface area contributed by atoms with Crippen LogP contribution < -0.4 is 10.6 Å². The molecule has 0 aromatic rings. The summed E-state index contributed by atoms with van der Waals surface area (Å²) in [7, 11) is 0. The molecule has 0 aromatic heterocycles. The van der Waals surface area contributed by atoms with Crippen LogP contribution in [0.15, 0.2) is 0 Å². The average Bonchev–Trinajstić information content (AvgIpc) is 2.06. The second kappa shape index (κ2) is 2.91. The fourth-order valence-electron chi connectivity index (χ4n) is 2.04. The molecular weight excluding hydrogens is 140 g/mol. The Morgan fingerprint density at radius 3 is 3.18 bits per heavy atom. The predicted octanol–water partition coefficient (Wildman–Crippen LogP) is -0.126. The molecule has 1 aliphatic heterocycles. The van der Waals surface area contributed by atoms with Crippen LogP contribution in [0.3, 0.4) is 0 Å². The van der Waals surface area contributed by atoms with Crippen molar-refractivity contribution >= 4 is 5.78 Å². The standard InChI is InChI=1S/C8H14N2O/c11-8-3-1-2-7-6(8)4-9-5-10-7/h6-7,9-10H,1-5H2. The molecule has 2 fully saturated rings. The van der Waals surface area contributed by atoms with E-state index in [4.69, 9.17) is 0 Å². The zero-order chi connectivity index (χ0) is 7.68. The van der Waals surface area contributed by atoms with Gasteiger partial charge in [0.1, 0.15) is 5.78 Å². The van der Waals surface area contributed by atoms with Crippen LogP contribution in [0, 0.1) is 5.92 Å². The number of nitrogens with one attached hydrogen (secondary N) is 2. The molecule has 1 heterocycles. The molecule has 11 heavy (non-hydrogen) atoms. The Morgan fingerprint density at radius 2 is 2.36 bits per heavy atom. The van der Waals surface area contributed by atoms with Gasteiger partial charge in [-0.1, -0.05) is 0 Å². The first-order valence-electron chi connectivity index (χ1n) is 4.35. The van der Waals surface area contributed by atoms with Gasteiger partial charge in [0.25, 0.3) is 0 Å². The lowest BCUT2D eigenvalue weighted by molar-refractivity contribution is -0.126. The van der Waals surface area contributed by atoms with Gasteiger partial charge in [-0.3, -0.25) is 4.79 Å².